The fourth-order valence-corrected chi connectivity index (χ4v) is 4.27. The number of aromatic nitrogens is 9. The second kappa shape index (κ2) is 9.27. The van der Waals surface area contributed by atoms with Crippen LogP contribution in [0.4, 0.5) is 5.82 Å². The molecule has 1 atom stereocenters. The minimum Gasteiger partial charge on any atom is -0.383 e. The van der Waals surface area contributed by atoms with Gasteiger partial charge in [-0.2, -0.15) is 10.2 Å². The number of anilines is 1. The van der Waals surface area contributed by atoms with E-state index >= 15 is 0 Å². The summed E-state index contributed by atoms with van der Waals surface area (Å²) >= 11 is 0. The Morgan fingerprint density at radius 1 is 1.18 bits per heavy atom. The number of hydrogen-bond donors (Lipinski definition) is 3. The molecule has 0 fully saturated rings. The molecule has 39 heavy (non-hydrogen) atoms. The molecule has 6 aromatic rings. The number of hydrogen-bond acceptors (Lipinski definition) is 8. The van der Waals surface area contributed by atoms with Crippen molar-refractivity contribution >= 4 is 28.4 Å². The zero-order chi connectivity index (χ0) is 27.1. The molecule has 13 heteroatoms. The Hall–Kier alpha value is -5.77. The number of nitrogens with two attached hydrogens (primary N) is 1. The predicted molar refractivity (Wildman–Crippen MR) is 142 cm³/mol. The molecule has 0 saturated carbocycles. The average Bonchev–Trinajstić information content (AvgIpc) is 3.67. The molecule has 0 spiro atoms. The Morgan fingerprint density at radius 2 is 2.00 bits per heavy atom. The van der Waals surface area contributed by atoms with E-state index in [1.165, 1.54) is 10.9 Å². The number of para-hydroxylation sites is 1. The van der Waals surface area contributed by atoms with Crippen LogP contribution in [0.1, 0.15) is 40.4 Å². The molecular formula is C26H21N11O2. The molecule has 4 N–H and O–H groups in total. The van der Waals surface area contributed by atoms with Crippen LogP contribution in [0.3, 0.4) is 0 Å². The van der Waals surface area contributed by atoms with E-state index in [1.54, 1.807) is 60.0 Å². The van der Waals surface area contributed by atoms with Crippen molar-refractivity contribution in [2.45, 2.75) is 13.0 Å². The van der Waals surface area contributed by atoms with Gasteiger partial charge in [0.05, 0.1) is 23.5 Å². The predicted octanol–water partition coefficient (Wildman–Crippen LogP) is 1.36. The Bertz CT molecular complexity index is 1990. The zero-order valence-electron chi connectivity index (χ0n) is 20.8. The van der Waals surface area contributed by atoms with Crippen LogP contribution in [0.25, 0.3) is 22.4 Å². The van der Waals surface area contributed by atoms with E-state index in [-0.39, 0.29) is 33.8 Å². The van der Waals surface area contributed by atoms with Crippen molar-refractivity contribution in [1.29, 1.82) is 0 Å². The molecule has 1 unspecified atom stereocenters. The Balaban J connectivity index is 1.46. The molecule has 0 aliphatic rings. The zero-order valence-corrected chi connectivity index (χ0v) is 20.8. The van der Waals surface area contributed by atoms with Crippen molar-refractivity contribution in [3.63, 3.8) is 0 Å². The van der Waals surface area contributed by atoms with Crippen molar-refractivity contribution in [2.75, 3.05) is 5.73 Å². The fraction of sp³-hybridized carbons (Fsp3) is 0.115. The maximum absolute atomic E-state index is 13.9. The lowest BCUT2D eigenvalue weighted by atomic mass is 10.2. The standard InChI is InChI=1S/C26H21N11O2/c1-15(31-25(38)20-21(27)29-14-36-11-10-28-24(20)36)23-32-22-19(26(39)37(23)17-6-4-3-5-7-17)18(33-34-22)9-8-16-12-30-35(2)13-16/h3-7,10-15H,27H2,1-2H3,(H,31,38)(H,33,34). The first kappa shape index (κ1) is 23.6. The van der Waals surface area contributed by atoms with Gasteiger partial charge in [0.15, 0.2) is 11.3 Å². The van der Waals surface area contributed by atoms with Crippen LogP contribution in [-0.2, 0) is 7.05 Å². The van der Waals surface area contributed by atoms with Gasteiger partial charge >= 0.3 is 0 Å². The monoisotopic (exact) mass is 519 g/mol. The number of rotatable bonds is 4. The van der Waals surface area contributed by atoms with Crippen LogP contribution in [0.15, 0.2) is 66.2 Å². The van der Waals surface area contributed by atoms with Crippen molar-refractivity contribution in [2.24, 2.45) is 7.05 Å². The van der Waals surface area contributed by atoms with Gasteiger partial charge in [0.2, 0.25) is 0 Å². The highest BCUT2D eigenvalue weighted by molar-refractivity contribution is 6.04. The highest BCUT2D eigenvalue weighted by Gasteiger charge is 2.25. The summed E-state index contributed by atoms with van der Waals surface area (Å²) in [6.45, 7) is 1.72. The van der Waals surface area contributed by atoms with E-state index in [2.05, 4.69) is 47.4 Å². The fourth-order valence-electron chi connectivity index (χ4n) is 4.27. The molecule has 0 saturated heterocycles. The minimum absolute atomic E-state index is 0.0337. The van der Waals surface area contributed by atoms with Crippen LogP contribution in [0, 0.1) is 11.8 Å². The first-order valence-corrected chi connectivity index (χ1v) is 11.9. The van der Waals surface area contributed by atoms with Crippen LogP contribution < -0.4 is 16.6 Å². The molecule has 1 amide bonds. The van der Waals surface area contributed by atoms with Gasteiger partial charge in [-0.25, -0.2) is 15.0 Å². The summed E-state index contributed by atoms with van der Waals surface area (Å²) in [5, 5.41) is 14.3. The van der Waals surface area contributed by atoms with E-state index in [0.29, 0.717) is 22.6 Å². The van der Waals surface area contributed by atoms with E-state index in [4.69, 9.17) is 5.73 Å². The van der Waals surface area contributed by atoms with E-state index in [0.717, 1.165) is 0 Å². The second-order valence-electron chi connectivity index (χ2n) is 8.75. The summed E-state index contributed by atoms with van der Waals surface area (Å²) in [6.07, 6.45) is 8.08. The Morgan fingerprint density at radius 3 is 2.77 bits per heavy atom. The van der Waals surface area contributed by atoms with Crippen LogP contribution in [0.2, 0.25) is 0 Å². The number of amides is 1. The molecule has 5 aromatic heterocycles. The van der Waals surface area contributed by atoms with Crippen molar-refractivity contribution in [3.8, 4) is 17.5 Å². The number of fused-ring (bicyclic) bond motifs is 2. The number of nitrogens with one attached hydrogen (secondary N) is 2. The Labute approximate surface area is 220 Å². The van der Waals surface area contributed by atoms with Crippen LogP contribution in [0.5, 0.6) is 0 Å². The van der Waals surface area contributed by atoms with E-state index < -0.39 is 11.9 Å². The van der Waals surface area contributed by atoms with Gasteiger partial charge in [-0.1, -0.05) is 24.1 Å². The number of benzene rings is 1. The summed E-state index contributed by atoms with van der Waals surface area (Å²) in [5.41, 5.74) is 7.88. The number of H-pyrrole nitrogens is 1. The molecule has 0 aliphatic heterocycles. The van der Waals surface area contributed by atoms with Crippen molar-refractivity contribution in [3.05, 3.63) is 94.4 Å². The highest BCUT2D eigenvalue weighted by Crippen LogP contribution is 2.21. The number of aromatic amines is 1. The topological polar surface area (TPSA) is 167 Å². The SMILES string of the molecule is CC(NC(=O)c1c(N)ncn2ccnc12)c1nc2n[nH]c(C#Cc3cnn(C)c3)c2c(=O)n1-c1ccccc1. The van der Waals surface area contributed by atoms with Gasteiger partial charge in [0.25, 0.3) is 11.5 Å². The van der Waals surface area contributed by atoms with E-state index in [1.807, 2.05) is 18.2 Å². The molecule has 13 nitrogen and oxygen atoms in total. The van der Waals surface area contributed by atoms with Gasteiger partial charge in [-0.3, -0.25) is 28.3 Å². The second-order valence-corrected chi connectivity index (χ2v) is 8.75. The third kappa shape index (κ3) is 4.15. The van der Waals surface area contributed by atoms with Crippen LogP contribution in [-0.4, -0.2) is 49.8 Å². The lowest BCUT2D eigenvalue weighted by molar-refractivity contribution is 0.0939. The number of nitrogen functional groups attached to an aromatic ring is 1. The van der Waals surface area contributed by atoms with Crippen molar-refractivity contribution in [1.82, 2.24) is 49.2 Å². The molecule has 0 bridgehead atoms. The number of imidazole rings is 1. The molecule has 5 heterocycles. The van der Waals surface area contributed by atoms with Gasteiger partial charge < -0.3 is 11.1 Å². The maximum atomic E-state index is 13.9. The molecule has 6 rings (SSSR count). The van der Waals surface area contributed by atoms with Gasteiger partial charge in [0, 0.05) is 25.6 Å². The first-order chi connectivity index (χ1) is 18.9. The quantitative estimate of drug-likeness (QED) is 0.294. The number of carbonyl (C=O) groups is 1. The molecule has 0 aliphatic carbocycles. The lowest BCUT2D eigenvalue weighted by Crippen LogP contribution is -2.34. The summed E-state index contributed by atoms with van der Waals surface area (Å²) in [7, 11) is 1.79. The first-order valence-electron chi connectivity index (χ1n) is 11.9. The molecule has 1 aromatic carbocycles. The third-order valence-corrected chi connectivity index (χ3v) is 6.10. The summed E-state index contributed by atoms with van der Waals surface area (Å²) in [5.74, 6) is 5.74. The minimum atomic E-state index is -0.731. The van der Waals surface area contributed by atoms with Crippen LogP contribution >= 0.6 is 0 Å². The van der Waals surface area contributed by atoms with Gasteiger partial charge in [0.1, 0.15) is 34.6 Å². The average molecular weight is 520 g/mol. The smallest absolute Gasteiger partial charge is 0.270 e. The summed E-state index contributed by atoms with van der Waals surface area (Å²) < 4.78 is 4.67. The van der Waals surface area contributed by atoms with Crippen molar-refractivity contribution < 1.29 is 4.79 Å². The molecule has 192 valence electrons. The number of carbonyl (C=O) groups excluding carboxylic acids is 1. The molecular weight excluding hydrogens is 498 g/mol. The largest absolute Gasteiger partial charge is 0.383 e. The van der Waals surface area contributed by atoms with Gasteiger partial charge in [-0.05, 0) is 25.0 Å². The number of nitrogens with zero attached hydrogens (tertiary/aromatic N) is 8. The highest BCUT2D eigenvalue weighted by atomic mass is 16.2. The summed E-state index contributed by atoms with van der Waals surface area (Å²) in [4.78, 5) is 40.2. The normalized spacial score (nSPS) is 11.8. The molecule has 0 radical (unpaired) electrons. The lowest BCUT2D eigenvalue weighted by Gasteiger charge is -2.19. The van der Waals surface area contributed by atoms with Gasteiger partial charge in [-0.15, -0.1) is 0 Å². The number of aryl methyl sites for hydroxylation is 1. The summed E-state index contributed by atoms with van der Waals surface area (Å²) in [6, 6.07) is 8.29. The van der Waals surface area contributed by atoms with E-state index in [9.17, 15) is 9.59 Å². The Kier molecular flexibility index (Phi) is 5.61. The third-order valence-electron chi connectivity index (χ3n) is 6.10. The maximum Gasteiger partial charge on any atom is 0.270 e.